The first kappa shape index (κ1) is 17.7. The molecule has 2 aromatic heterocycles. The number of aromatic amines is 1. The summed E-state index contributed by atoms with van der Waals surface area (Å²) >= 11 is 0. The molecule has 7 nitrogen and oxygen atoms in total. The van der Waals surface area contributed by atoms with Crippen molar-refractivity contribution in [3.05, 3.63) is 64.9 Å². The molecule has 29 heavy (non-hydrogen) atoms. The summed E-state index contributed by atoms with van der Waals surface area (Å²) in [5.74, 6) is 1.62. The van der Waals surface area contributed by atoms with Gasteiger partial charge in [-0.2, -0.15) is 4.98 Å². The van der Waals surface area contributed by atoms with Gasteiger partial charge in [-0.05, 0) is 50.1 Å². The lowest BCUT2D eigenvalue weighted by molar-refractivity contribution is 0.176. The van der Waals surface area contributed by atoms with Gasteiger partial charge in [-0.3, -0.25) is 4.57 Å². The third kappa shape index (κ3) is 3.33. The molecule has 0 unspecified atom stereocenters. The molecule has 1 aliphatic rings. The maximum absolute atomic E-state index is 12.5. The van der Waals surface area contributed by atoms with Gasteiger partial charge in [0.25, 0.3) is 5.89 Å². The topological polar surface area (TPSA) is 85.9 Å². The minimum atomic E-state index is -0.370. The Bertz CT molecular complexity index is 1190. The van der Waals surface area contributed by atoms with E-state index in [1.807, 2.05) is 60.0 Å². The van der Waals surface area contributed by atoms with E-state index >= 15 is 0 Å². The van der Waals surface area contributed by atoms with E-state index in [1.165, 1.54) is 12.8 Å². The van der Waals surface area contributed by atoms with Crippen LogP contribution in [-0.4, -0.2) is 19.7 Å². The fraction of sp³-hybridized carbons (Fsp3) is 0.318. The summed E-state index contributed by atoms with van der Waals surface area (Å²) in [6, 6.07) is 15.6. The van der Waals surface area contributed by atoms with Gasteiger partial charge in [-0.1, -0.05) is 36.2 Å². The van der Waals surface area contributed by atoms with E-state index in [9.17, 15) is 4.79 Å². The molecule has 2 heterocycles. The molecule has 0 spiro atoms. The Morgan fingerprint density at radius 3 is 2.76 bits per heavy atom. The molecule has 0 aliphatic heterocycles. The SMILES string of the molecule is C[C@@H](Oc1ccccc1)c1nc(-c2ccc3c(c2)[nH]c(=O)n3C2CCCC2)no1. The number of hydrogen-bond acceptors (Lipinski definition) is 5. The fourth-order valence-corrected chi connectivity index (χ4v) is 4.07. The quantitative estimate of drug-likeness (QED) is 0.537. The van der Waals surface area contributed by atoms with Crippen molar-refractivity contribution in [1.82, 2.24) is 19.7 Å². The molecule has 0 bridgehead atoms. The zero-order valence-corrected chi connectivity index (χ0v) is 16.2. The van der Waals surface area contributed by atoms with E-state index in [4.69, 9.17) is 9.26 Å². The summed E-state index contributed by atoms with van der Waals surface area (Å²) in [5.41, 5.74) is 2.46. The number of para-hydroxylation sites is 1. The van der Waals surface area contributed by atoms with Gasteiger partial charge < -0.3 is 14.2 Å². The van der Waals surface area contributed by atoms with Crippen molar-refractivity contribution in [1.29, 1.82) is 0 Å². The Kier molecular flexibility index (Phi) is 4.42. The Balaban J connectivity index is 1.42. The summed E-state index contributed by atoms with van der Waals surface area (Å²) in [7, 11) is 0. The number of benzene rings is 2. The highest BCUT2D eigenvalue weighted by molar-refractivity contribution is 5.80. The third-order valence-electron chi connectivity index (χ3n) is 5.51. The Hall–Kier alpha value is -3.35. The molecule has 0 amide bonds. The molecule has 0 radical (unpaired) electrons. The van der Waals surface area contributed by atoms with Crippen molar-refractivity contribution in [2.45, 2.75) is 44.8 Å². The van der Waals surface area contributed by atoms with Crippen LogP contribution in [0.4, 0.5) is 0 Å². The van der Waals surface area contributed by atoms with Crippen molar-refractivity contribution < 1.29 is 9.26 Å². The second-order valence-corrected chi connectivity index (χ2v) is 7.50. The molecule has 5 rings (SSSR count). The lowest BCUT2D eigenvalue weighted by Gasteiger charge is -2.11. The predicted molar refractivity (Wildman–Crippen MR) is 109 cm³/mol. The fourth-order valence-electron chi connectivity index (χ4n) is 4.07. The molecule has 2 aromatic carbocycles. The highest BCUT2D eigenvalue weighted by atomic mass is 16.5. The predicted octanol–water partition coefficient (Wildman–Crippen LogP) is 4.63. The number of aromatic nitrogens is 4. The molecular formula is C22H22N4O3. The van der Waals surface area contributed by atoms with Crippen molar-refractivity contribution in [3.63, 3.8) is 0 Å². The van der Waals surface area contributed by atoms with Crippen LogP contribution >= 0.6 is 0 Å². The summed E-state index contributed by atoms with van der Waals surface area (Å²) in [6.45, 7) is 1.87. The molecule has 7 heteroatoms. The van der Waals surface area contributed by atoms with Crippen molar-refractivity contribution >= 4 is 11.0 Å². The molecule has 1 aliphatic carbocycles. The molecule has 1 N–H and O–H groups in total. The highest BCUT2D eigenvalue weighted by Gasteiger charge is 2.22. The van der Waals surface area contributed by atoms with E-state index in [2.05, 4.69) is 15.1 Å². The van der Waals surface area contributed by atoms with Crippen molar-refractivity contribution in [2.24, 2.45) is 0 Å². The third-order valence-corrected chi connectivity index (χ3v) is 5.51. The van der Waals surface area contributed by atoms with E-state index in [1.54, 1.807) is 0 Å². The van der Waals surface area contributed by atoms with Gasteiger partial charge in [0.15, 0.2) is 6.10 Å². The number of rotatable bonds is 5. The van der Waals surface area contributed by atoms with E-state index in [-0.39, 0.29) is 17.8 Å². The van der Waals surface area contributed by atoms with Crippen LogP contribution in [0.1, 0.15) is 50.6 Å². The number of fused-ring (bicyclic) bond motifs is 1. The molecule has 0 saturated heterocycles. The number of imidazole rings is 1. The first-order valence-electron chi connectivity index (χ1n) is 9.99. The summed E-state index contributed by atoms with van der Waals surface area (Å²) in [4.78, 5) is 19.9. The van der Waals surface area contributed by atoms with Crippen LogP contribution in [0.25, 0.3) is 22.4 Å². The van der Waals surface area contributed by atoms with Crippen molar-refractivity contribution in [3.8, 4) is 17.1 Å². The lowest BCUT2D eigenvalue weighted by Crippen LogP contribution is -2.20. The second kappa shape index (κ2) is 7.24. The van der Waals surface area contributed by atoms with Crippen LogP contribution < -0.4 is 10.4 Å². The summed E-state index contributed by atoms with van der Waals surface area (Å²) < 4.78 is 13.2. The summed E-state index contributed by atoms with van der Waals surface area (Å²) in [5, 5.41) is 4.10. The first-order chi connectivity index (χ1) is 14.2. The maximum Gasteiger partial charge on any atom is 0.326 e. The molecular weight excluding hydrogens is 368 g/mol. The van der Waals surface area contributed by atoms with Gasteiger partial charge in [-0.25, -0.2) is 4.79 Å². The molecule has 4 aromatic rings. The van der Waals surface area contributed by atoms with E-state index in [0.717, 1.165) is 35.2 Å². The Morgan fingerprint density at radius 2 is 1.97 bits per heavy atom. The minimum absolute atomic E-state index is 0.0530. The monoisotopic (exact) mass is 390 g/mol. The van der Waals surface area contributed by atoms with E-state index < -0.39 is 0 Å². The number of nitrogens with zero attached hydrogens (tertiary/aromatic N) is 3. The Morgan fingerprint density at radius 1 is 1.17 bits per heavy atom. The second-order valence-electron chi connectivity index (χ2n) is 7.50. The zero-order valence-electron chi connectivity index (χ0n) is 16.2. The van der Waals surface area contributed by atoms with Crippen LogP contribution in [0.2, 0.25) is 0 Å². The van der Waals surface area contributed by atoms with E-state index in [0.29, 0.717) is 11.7 Å². The molecule has 1 atom stereocenters. The maximum atomic E-state index is 12.5. The lowest BCUT2D eigenvalue weighted by atomic mass is 10.1. The average Bonchev–Trinajstić information content (AvgIpc) is 3.47. The summed E-state index contributed by atoms with van der Waals surface area (Å²) in [6.07, 6.45) is 4.10. The smallest absolute Gasteiger partial charge is 0.326 e. The largest absolute Gasteiger partial charge is 0.481 e. The van der Waals surface area contributed by atoms with Gasteiger partial charge in [0.05, 0.1) is 11.0 Å². The number of hydrogen-bond donors (Lipinski definition) is 1. The minimum Gasteiger partial charge on any atom is -0.481 e. The Labute approximate surface area is 167 Å². The number of ether oxygens (including phenoxy) is 1. The van der Waals surface area contributed by atoms with Gasteiger partial charge in [0, 0.05) is 11.6 Å². The molecule has 148 valence electrons. The molecule has 1 fully saturated rings. The van der Waals surface area contributed by atoms with Crippen LogP contribution in [0.15, 0.2) is 57.8 Å². The van der Waals surface area contributed by atoms with Gasteiger partial charge in [-0.15, -0.1) is 0 Å². The normalized spacial score (nSPS) is 15.8. The van der Waals surface area contributed by atoms with Crippen LogP contribution in [0, 0.1) is 0 Å². The average molecular weight is 390 g/mol. The van der Waals surface area contributed by atoms with Gasteiger partial charge >= 0.3 is 5.69 Å². The van der Waals surface area contributed by atoms with Gasteiger partial charge in [0.2, 0.25) is 5.82 Å². The van der Waals surface area contributed by atoms with Gasteiger partial charge in [0.1, 0.15) is 5.75 Å². The zero-order chi connectivity index (χ0) is 19.8. The molecule has 1 saturated carbocycles. The van der Waals surface area contributed by atoms with Crippen molar-refractivity contribution in [2.75, 3.05) is 0 Å². The van der Waals surface area contributed by atoms with Crippen LogP contribution in [0.5, 0.6) is 5.75 Å². The number of H-pyrrole nitrogens is 1. The highest BCUT2D eigenvalue weighted by Crippen LogP contribution is 2.31. The van der Waals surface area contributed by atoms with Crippen LogP contribution in [0.3, 0.4) is 0 Å². The van der Waals surface area contributed by atoms with Crippen LogP contribution in [-0.2, 0) is 0 Å². The first-order valence-corrected chi connectivity index (χ1v) is 9.99. The number of nitrogens with one attached hydrogen (secondary N) is 1. The standard InChI is InChI=1S/C22H22N4O3/c1-14(28-17-9-3-2-4-10-17)21-24-20(25-29-21)15-11-12-19-18(13-15)23-22(27)26(19)16-7-5-6-8-16/h2-4,9-14,16H,5-8H2,1H3,(H,23,27)/t14-/m1/s1.